The lowest BCUT2D eigenvalue weighted by Gasteiger charge is -2.35. The van der Waals surface area contributed by atoms with E-state index in [9.17, 15) is 4.79 Å². The van der Waals surface area contributed by atoms with Crippen molar-refractivity contribution >= 4 is 11.6 Å². The molecule has 24 heavy (non-hydrogen) atoms. The summed E-state index contributed by atoms with van der Waals surface area (Å²) in [6.45, 7) is 9.36. The molecule has 1 aliphatic carbocycles. The van der Waals surface area contributed by atoms with Crippen LogP contribution in [-0.2, 0) is 9.53 Å². The van der Waals surface area contributed by atoms with Crippen LogP contribution >= 0.6 is 0 Å². The number of carbonyl (C=O) groups is 1. The molecule has 1 N–H and O–H groups in total. The fourth-order valence-corrected chi connectivity index (χ4v) is 3.54. The Labute approximate surface area is 145 Å². The Morgan fingerprint density at radius 1 is 1.12 bits per heavy atom. The van der Waals surface area contributed by atoms with Crippen molar-refractivity contribution in [2.24, 2.45) is 0 Å². The zero-order chi connectivity index (χ0) is 17.6. The molecule has 0 atom stereocenters. The summed E-state index contributed by atoms with van der Waals surface area (Å²) in [5.41, 5.74) is 2.26. The van der Waals surface area contributed by atoms with Crippen LogP contribution in [0.3, 0.4) is 0 Å². The quantitative estimate of drug-likeness (QED) is 0.782. The number of anilines is 1. The molecule has 1 aromatic rings. The van der Waals surface area contributed by atoms with Gasteiger partial charge in [-0.25, -0.2) is 0 Å². The molecule has 1 aliphatic rings. The number of ether oxygens (including phenoxy) is 2. The van der Waals surface area contributed by atoms with Crippen molar-refractivity contribution in [1.82, 2.24) is 0 Å². The molecule has 1 fully saturated rings. The summed E-state index contributed by atoms with van der Waals surface area (Å²) in [6.07, 6.45) is 5.88. The Hall–Kier alpha value is -1.55. The average Bonchev–Trinajstić information content (AvgIpc) is 2.55. The van der Waals surface area contributed by atoms with Gasteiger partial charge in [0.2, 0.25) is 0 Å². The molecule has 1 saturated carbocycles. The van der Waals surface area contributed by atoms with E-state index < -0.39 is 5.60 Å². The first-order valence-corrected chi connectivity index (χ1v) is 9.22. The third kappa shape index (κ3) is 4.29. The highest BCUT2D eigenvalue weighted by Crippen LogP contribution is 2.34. The van der Waals surface area contributed by atoms with E-state index >= 15 is 0 Å². The van der Waals surface area contributed by atoms with Gasteiger partial charge in [-0.05, 0) is 63.3 Å². The third-order valence-electron chi connectivity index (χ3n) is 4.66. The first-order chi connectivity index (χ1) is 11.5. The maximum absolute atomic E-state index is 12.9. The lowest BCUT2D eigenvalue weighted by Crippen LogP contribution is -2.47. The van der Waals surface area contributed by atoms with Gasteiger partial charge in [-0.3, -0.25) is 4.79 Å². The fourth-order valence-electron chi connectivity index (χ4n) is 3.54. The molecule has 0 radical (unpaired) electrons. The number of benzene rings is 1. The minimum atomic E-state index is -0.661. The number of amides is 1. The summed E-state index contributed by atoms with van der Waals surface area (Å²) >= 11 is 0. The molecule has 134 valence electrons. The van der Waals surface area contributed by atoms with Gasteiger partial charge in [-0.15, -0.1) is 0 Å². The van der Waals surface area contributed by atoms with Gasteiger partial charge in [-0.2, -0.15) is 0 Å². The number of hydrogen-bond acceptors (Lipinski definition) is 3. The van der Waals surface area contributed by atoms with Crippen molar-refractivity contribution in [3.8, 4) is 5.75 Å². The van der Waals surface area contributed by atoms with Crippen LogP contribution in [0, 0.1) is 13.8 Å². The van der Waals surface area contributed by atoms with E-state index in [1.165, 1.54) is 6.42 Å². The molecular formula is C20H31NO3. The van der Waals surface area contributed by atoms with E-state index in [2.05, 4.69) is 12.2 Å². The second-order valence-corrected chi connectivity index (χ2v) is 6.73. The molecule has 0 saturated heterocycles. The highest BCUT2D eigenvalue weighted by Gasteiger charge is 2.40. The smallest absolute Gasteiger partial charge is 0.256 e. The zero-order valence-electron chi connectivity index (χ0n) is 15.5. The number of hydrogen-bond donors (Lipinski definition) is 1. The van der Waals surface area contributed by atoms with Gasteiger partial charge in [0.05, 0.1) is 6.61 Å². The molecule has 0 aliphatic heterocycles. The van der Waals surface area contributed by atoms with Gasteiger partial charge < -0.3 is 14.8 Å². The molecule has 4 nitrogen and oxygen atoms in total. The van der Waals surface area contributed by atoms with Crippen LogP contribution in [-0.4, -0.2) is 24.7 Å². The van der Waals surface area contributed by atoms with Crippen LogP contribution in [0.4, 0.5) is 5.69 Å². The number of carbonyl (C=O) groups excluding carboxylic acids is 1. The molecule has 0 heterocycles. The first kappa shape index (κ1) is 18.8. The van der Waals surface area contributed by atoms with E-state index in [1.54, 1.807) is 0 Å². The molecule has 1 amide bonds. The summed E-state index contributed by atoms with van der Waals surface area (Å²) in [7, 11) is 0. The lowest BCUT2D eigenvalue weighted by molar-refractivity contribution is -0.145. The number of rotatable bonds is 7. The van der Waals surface area contributed by atoms with Crippen molar-refractivity contribution in [1.29, 1.82) is 0 Å². The van der Waals surface area contributed by atoms with Crippen LogP contribution in [0.2, 0.25) is 0 Å². The predicted molar refractivity (Wildman–Crippen MR) is 97.8 cm³/mol. The molecule has 0 bridgehead atoms. The topological polar surface area (TPSA) is 47.6 Å². The van der Waals surface area contributed by atoms with Crippen LogP contribution in [0.15, 0.2) is 12.1 Å². The summed E-state index contributed by atoms with van der Waals surface area (Å²) in [6, 6.07) is 3.97. The summed E-state index contributed by atoms with van der Waals surface area (Å²) in [5.74, 6) is 0.914. The number of aryl methyl sites for hydroxylation is 2. The van der Waals surface area contributed by atoms with Crippen molar-refractivity contribution < 1.29 is 14.3 Å². The van der Waals surface area contributed by atoms with E-state index in [4.69, 9.17) is 9.47 Å². The Morgan fingerprint density at radius 2 is 1.75 bits per heavy atom. The Morgan fingerprint density at radius 3 is 2.29 bits per heavy atom. The van der Waals surface area contributed by atoms with Crippen molar-refractivity contribution in [2.75, 3.05) is 18.5 Å². The molecule has 4 heteroatoms. The van der Waals surface area contributed by atoms with Gasteiger partial charge in [0.15, 0.2) is 0 Å². The first-order valence-electron chi connectivity index (χ1n) is 9.22. The molecule has 2 rings (SSSR count). The van der Waals surface area contributed by atoms with Gasteiger partial charge in [0, 0.05) is 12.3 Å². The monoisotopic (exact) mass is 333 g/mol. The predicted octanol–water partition coefficient (Wildman–Crippen LogP) is 4.77. The number of nitrogens with one attached hydrogen (secondary N) is 1. The van der Waals surface area contributed by atoms with E-state index in [1.807, 2.05) is 32.9 Å². The summed E-state index contributed by atoms with van der Waals surface area (Å²) in [5, 5.41) is 3.08. The highest BCUT2D eigenvalue weighted by atomic mass is 16.5. The second-order valence-electron chi connectivity index (χ2n) is 6.73. The Balaban J connectivity index is 2.15. The van der Waals surface area contributed by atoms with Gasteiger partial charge in [-0.1, -0.05) is 26.2 Å². The Kier molecular flexibility index (Phi) is 6.67. The van der Waals surface area contributed by atoms with Gasteiger partial charge in [0.25, 0.3) is 5.91 Å². The maximum Gasteiger partial charge on any atom is 0.256 e. The van der Waals surface area contributed by atoms with Crippen LogP contribution in [0.1, 0.15) is 63.5 Å². The molecular weight excluding hydrogens is 302 g/mol. The van der Waals surface area contributed by atoms with E-state index in [0.717, 1.165) is 54.7 Å². The van der Waals surface area contributed by atoms with E-state index in [0.29, 0.717) is 13.2 Å². The molecule has 0 unspecified atom stereocenters. The van der Waals surface area contributed by atoms with Gasteiger partial charge >= 0.3 is 0 Å². The normalized spacial score (nSPS) is 16.7. The Bertz CT molecular complexity index is 533. The molecule has 1 aromatic carbocycles. The minimum absolute atomic E-state index is 0.00919. The lowest BCUT2D eigenvalue weighted by atomic mass is 9.83. The second kappa shape index (κ2) is 8.52. The maximum atomic E-state index is 12.9. The van der Waals surface area contributed by atoms with Crippen molar-refractivity contribution in [3.05, 3.63) is 23.3 Å². The van der Waals surface area contributed by atoms with Crippen LogP contribution < -0.4 is 10.1 Å². The van der Waals surface area contributed by atoms with Crippen LogP contribution in [0.25, 0.3) is 0 Å². The van der Waals surface area contributed by atoms with Gasteiger partial charge in [0.1, 0.15) is 11.4 Å². The standard InChI is InChI=1S/C20H31NO3/c1-5-12-23-18-15(3)13-17(14-16(18)4)21-19(22)20(24-6-2)10-8-7-9-11-20/h13-14H,5-12H2,1-4H3,(H,21,22). The largest absolute Gasteiger partial charge is 0.493 e. The third-order valence-corrected chi connectivity index (χ3v) is 4.66. The highest BCUT2D eigenvalue weighted by molar-refractivity contribution is 5.97. The molecule has 0 spiro atoms. The summed E-state index contributed by atoms with van der Waals surface area (Å²) < 4.78 is 11.7. The van der Waals surface area contributed by atoms with Crippen molar-refractivity contribution in [3.63, 3.8) is 0 Å². The fraction of sp³-hybridized carbons (Fsp3) is 0.650. The summed E-state index contributed by atoms with van der Waals surface area (Å²) in [4.78, 5) is 12.9. The molecule has 0 aromatic heterocycles. The SMILES string of the molecule is CCCOc1c(C)cc(NC(=O)C2(OCC)CCCCC2)cc1C. The van der Waals surface area contributed by atoms with Crippen molar-refractivity contribution in [2.45, 2.75) is 71.8 Å². The van der Waals surface area contributed by atoms with Crippen LogP contribution in [0.5, 0.6) is 5.75 Å². The average molecular weight is 333 g/mol. The minimum Gasteiger partial charge on any atom is -0.493 e. The van der Waals surface area contributed by atoms with E-state index in [-0.39, 0.29) is 5.91 Å². The zero-order valence-corrected chi connectivity index (χ0v) is 15.5.